The molecule has 64 heavy (non-hydrogen) atoms. The minimum absolute atomic E-state index is 0.374. The summed E-state index contributed by atoms with van der Waals surface area (Å²) >= 11 is 0. The molecule has 0 amide bonds. The van der Waals surface area contributed by atoms with Gasteiger partial charge in [-0.1, -0.05) is 182 Å². The minimum Gasteiger partial charge on any atom is -0.456 e. The summed E-state index contributed by atoms with van der Waals surface area (Å²) < 4.78 is 6.23. The number of hydrogen-bond donors (Lipinski definition) is 0. The SMILES string of the molecule is N#Cc1ccc2oc3cccc(-c4nc(-c5ccccc5)nc(-c5ccc(-c6ccc(-c7cccc8c7-c7ccccc7C87c8ccccc8-c8ccccc87)cc6)cc5)n4)c3c2c1. The summed E-state index contributed by atoms with van der Waals surface area (Å²) in [6, 6.07) is 74.8. The number of nitrogens with zero attached hydrogens (tertiary/aromatic N) is 4. The van der Waals surface area contributed by atoms with Gasteiger partial charge in [-0.2, -0.15) is 5.26 Å². The second-order valence-corrected chi connectivity index (χ2v) is 16.5. The quantitative estimate of drug-likeness (QED) is 0.173. The average molecular weight is 815 g/mol. The highest BCUT2D eigenvalue weighted by Gasteiger charge is 2.51. The Kier molecular flexibility index (Phi) is 7.82. The summed E-state index contributed by atoms with van der Waals surface area (Å²) in [5, 5.41) is 11.4. The Labute approximate surface area is 369 Å². The van der Waals surface area contributed by atoms with Crippen LogP contribution in [0.15, 0.2) is 211 Å². The van der Waals surface area contributed by atoms with E-state index in [-0.39, 0.29) is 5.41 Å². The minimum atomic E-state index is -0.374. The number of furan rings is 1. The standard InChI is InChI=1S/C59H34N4O/c60-35-36-24-33-52-47(34-36)55-46(18-11-23-53(55)64-52)58-62-56(40-12-2-1-3-13-40)61-57(63-58)41-31-27-38(28-32-41)37-25-29-39(30-26-37)42-17-10-22-51-54(42)45-16-6-9-21-50(45)59(51)48-19-7-4-14-43(48)44-15-5-8-20-49(44)59/h1-34H. The normalized spacial score (nSPS) is 12.8. The molecule has 2 aliphatic rings. The van der Waals surface area contributed by atoms with Crippen molar-refractivity contribution < 1.29 is 4.42 Å². The molecular formula is C59H34N4O. The Bertz CT molecular complexity index is 3680. The molecule has 0 fully saturated rings. The number of fused-ring (bicyclic) bond motifs is 13. The largest absolute Gasteiger partial charge is 0.456 e. The zero-order valence-corrected chi connectivity index (χ0v) is 34.3. The van der Waals surface area contributed by atoms with Gasteiger partial charge < -0.3 is 4.42 Å². The van der Waals surface area contributed by atoms with Crippen molar-refractivity contribution in [3.8, 4) is 84.7 Å². The molecule has 2 aromatic heterocycles. The van der Waals surface area contributed by atoms with E-state index < -0.39 is 0 Å². The van der Waals surface area contributed by atoms with E-state index in [0.717, 1.165) is 38.6 Å². The molecule has 0 radical (unpaired) electrons. The second-order valence-electron chi connectivity index (χ2n) is 16.5. The van der Waals surface area contributed by atoms with Crippen molar-refractivity contribution in [3.63, 3.8) is 0 Å². The monoisotopic (exact) mass is 814 g/mol. The van der Waals surface area contributed by atoms with Crippen LogP contribution in [0.5, 0.6) is 0 Å². The van der Waals surface area contributed by atoms with Gasteiger partial charge in [0.15, 0.2) is 17.5 Å². The zero-order valence-electron chi connectivity index (χ0n) is 34.3. The van der Waals surface area contributed by atoms with Gasteiger partial charge in [0, 0.05) is 27.5 Å². The predicted molar refractivity (Wildman–Crippen MR) is 255 cm³/mol. The van der Waals surface area contributed by atoms with Crippen molar-refractivity contribution in [1.82, 2.24) is 15.0 Å². The Hall–Kier alpha value is -8.72. The number of nitriles is 1. The fraction of sp³-hybridized carbons (Fsp3) is 0.0169. The molecule has 0 saturated carbocycles. The molecule has 2 heterocycles. The maximum atomic E-state index is 9.70. The maximum absolute atomic E-state index is 9.70. The van der Waals surface area contributed by atoms with Crippen LogP contribution in [0.1, 0.15) is 27.8 Å². The highest BCUT2D eigenvalue weighted by atomic mass is 16.3. The lowest BCUT2D eigenvalue weighted by molar-refractivity contribution is 0.669. The van der Waals surface area contributed by atoms with Crippen LogP contribution >= 0.6 is 0 Å². The van der Waals surface area contributed by atoms with Crippen LogP contribution in [-0.2, 0) is 5.41 Å². The lowest BCUT2D eigenvalue weighted by atomic mass is 9.70. The predicted octanol–water partition coefficient (Wildman–Crippen LogP) is 14.3. The molecule has 0 atom stereocenters. The van der Waals surface area contributed by atoms with E-state index in [9.17, 15) is 5.26 Å². The van der Waals surface area contributed by atoms with Crippen molar-refractivity contribution in [2.45, 2.75) is 5.41 Å². The van der Waals surface area contributed by atoms with Crippen LogP contribution in [0.2, 0.25) is 0 Å². The number of benzene rings is 9. The van der Waals surface area contributed by atoms with Gasteiger partial charge in [0.1, 0.15) is 11.2 Å². The molecule has 2 aliphatic carbocycles. The molecule has 0 aliphatic heterocycles. The van der Waals surface area contributed by atoms with Crippen molar-refractivity contribution in [2.24, 2.45) is 0 Å². The Balaban J connectivity index is 0.881. The van der Waals surface area contributed by atoms with Crippen molar-refractivity contribution in [3.05, 3.63) is 234 Å². The lowest BCUT2D eigenvalue weighted by Crippen LogP contribution is -2.25. The maximum Gasteiger partial charge on any atom is 0.164 e. The summed E-state index contributed by atoms with van der Waals surface area (Å²) in [5.74, 6) is 1.67. The highest BCUT2D eigenvalue weighted by molar-refractivity contribution is 6.12. The third-order valence-electron chi connectivity index (χ3n) is 13.2. The van der Waals surface area contributed by atoms with E-state index in [2.05, 4.69) is 146 Å². The topological polar surface area (TPSA) is 75.6 Å². The van der Waals surface area contributed by atoms with Gasteiger partial charge in [0.05, 0.1) is 17.0 Å². The molecule has 1 spiro atoms. The molecule has 9 aromatic carbocycles. The Morgan fingerprint density at radius 2 is 0.875 bits per heavy atom. The molecule has 5 heteroatoms. The smallest absolute Gasteiger partial charge is 0.164 e. The fourth-order valence-corrected chi connectivity index (χ4v) is 10.5. The van der Waals surface area contributed by atoms with Crippen LogP contribution in [0.3, 0.4) is 0 Å². The molecule has 11 aromatic rings. The first-order valence-corrected chi connectivity index (χ1v) is 21.5. The fourth-order valence-electron chi connectivity index (χ4n) is 10.5. The summed E-state index contributed by atoms with van der Waals surface area (Å²) in [6.45, 7) is 0. The van der Waals surface area contributed by atoms with Crippen molar-refractivity contribution in [1.29, 1.82) is 5.26 Å². The van der Waals surface area contributed by atoms with Gasteiger partial charge in [-0.25, -0.2) is 15.0 Å². The van der Waals surface area contributed by atoms with Crippen LogP contribution in [0.4, 0.5) is 0 Å². The van der Waals surface area contributed by atoms with E-state index in [1.165, 1.54) is 55.6 Å². The van der Waals surface area contributed by atoms with Crippen LogP contribution < -0.4 is 0 Å². The summed E-state index contributed by atoms with van der Waals surface area (Å²) in [7, 11) is 0. The number of hydrogen-bond acceptors (Lipinski definition) is 5. The van der Waals surface area contributed by atoms with Gasteiger partial charge in [0.25, 0.3) is 0 Å². The average Bonchev–Trinajstić information content (AvgIpc) is 4.00. The molecule has 0 unspecified atom stereocenters. The zero-order chi connectivity index (χ0) is 42.4. The molecule has 13 rings (SSSR count). The van der Waals surface area contributed by atoms with Crippen LogP contribution in [-0.4, -0.2) is 15.0 Å². The third-order valence-corrected chi connectivity index (χ3v) is 13.2. The number of rotatable bonds is 5. The summed E-state index contributed by atoms with van der Waals surface area (Å²) in [4.78, 5) is 15.1. The van der Waals surface area contributed by atoms with Crippen LogP contribution in [0, 0.1) is 11.3 Å². The van der Waals surface area contributed by atoms with E-state index >= 15 is 0 Å². The van der Waals surface area contributed by atoms with Crippen molar-refractivity contribution >= 4 is 21.9 Å². The first-order chi connectivity index (χ1) is 31.7. The second kappa shape index (κ2) is 13.9. The third kappa shape index (κ3) is 5.20. The van der Waals surface area contributed by atoms with Gasteiger partial charge in [0.2, 0.25) is 0 Å². The van der Waals surface area contributed by atoms with Gasteiger partial charge in [-0.3, -0.25) is 0 Å². The van der Waals surface area contributed by atoms with E-state index in [1.807, 2.05) is 60.7 Å². The summed E-state index contributed by atoms with van der Waals surface area (Å²) in [6.07, 6.45) is 0. The molecular weight excluding hydrogens is 781 g/mol. The molecule has 0 saturated heterocycles. The van der Waals surface area contributed by atoms with E-state index in [0.29, 0.717) is 34.2 Å². The van der Waals surface area contributed by atoms with Gasteiger partial charge in [-0.15, -0.1) is 0 Å². The first-order valence-electron chi connectivity index (χ1n) is 21.5. The number of aromatic nitrogens is 3. The molecule has 0 N–H and O–H groups in total. The van der Waals surface area contributed by atoms with Gasteiger partial charge >= 0.3 is 0 Å². The Morgan fingerprint density at radius 1 is 0.375 bits per heavy atom. The van der Waals surface area contributed by atoms with E-state index in [1.54, 1.807) is 6.07 Å². The van der Waals surface area contributed by atoms with E-state index in [4.69, 9.17) is 19.4 Å². The molecule has 296 valence electrons. The Morgan fingerprint density at radius 3 is 1.55 bits per heavy atom. The molecule has 5 nitrogen and oxygen atoms in total. The lowest BCUT2D eigenvalue weighted by Gasteiger charge is -2.30. The molecule has 0 bridgehead atoms. The van der Waals surface area contributed by atoms with Crippen molar-refractivity contribution in [2.75, 3.05) is 0 Å². The summed E-state index contributed by atoms with van der Waals surface area (Å²) in [5.41, 5.74) is 19.4. The van der Waals surface area contributed by atoms with Gasteiger partial charge in [-0.05, 0) is 91.0 Å². The first kappa shape index (κ1) is 36.0. The highest BCUT2D eigenvalue weighted by Crippen LogP contribution is 2.64. The van der Waals surface area contributed by atoms with Crippen LogP contribution in [0.25, 0.3) is 101 Å².